The highest BCUT2D eigenvalue weighted by atomic mass is 35.5. The molecule has 1 heterocycles. The van der Waals surface area contributed by atoms with Gasteiger partial charge in [0.05, 0.1) is 11.4 Å². The molecule has 52 heavy (non-hydrogen) atoms. The molecular formula is C41H58Cl2N2O7. The van der Waals surface area contributed by atoms with Crippen molar-refractivity contribution in [3.8, 4) is 0 Å². The largest absolute Gasteiger partial charge is 0.458 e. The van der Waals surface area contributed by atoms with Gasteiger partial charge in [-0.2, -0.15) is 0 Å². The molecule has 9 nitrogen and oxygen atoms in total. The molecule has 11 heteroatoms. The van der Waals surface area contributed by atoms with E-state index in [0.29, 0.717) is 0 Å². The zero-order valence-electron chi connectivity index (χ0n) is 32.1. The lowest BCUT2D eigenvalue weighted by atomic mass is 9.92. The fraction of sp³-hybridized carbons (Fsp3) is 0.537. The number of rotatable bonds is 15. The maximum Gasteiger partial charge on any atom is 0.303 e. The van der Waals surface area contributed by atoms with Crippen molar-refractivity contribution in [3.05, 3.63) is 82.4 Å². The van der Waals surface area contributed by atoms with E-state index in [9.17, 15) is 14.4 Å². The monoisotopic (exact) mass is 760 g/mol. The number of hydrogen-bond donors (Lipinski definition) is 1. The molecule has 0 bridgehead atoms. The Morgan fingerprint density at radius 3 is 2.10 bits per heavy atom. The van der Waals surface area contributed by atoms with Crippen molar-refractivity contribution in [2.24, 2.45) is 5.92 Å². The van der Waals surface area contributed by atoms with Crippen LogP contribution in [0.5, 0.6) is 0 Å². The number of nitrogens with zero attached hydrogens (tertiary/aromatic N) is 1. The molecule has 2 aliphatic rings. The van der Waals surface area contributed by atoms with Crippen LogP contribution in [0.3, 0.4) is 0 Å². The van der Waals surface area contributed by atoms with Gasteiger partial charge in [0.2, 0.25) is 0 Å². The standard InChI is InChI=1S/C34H41NO7.C6H15N.CH2Cl2/c1-21-18-28-8-6-7-9-31(28)30(21)16-17-35-19-27-12-10-26(11-13-27)14-15-29(38)20-39-34-22(2)32(41-24(4)36)33(23(3)40-34)42-25(5)37;1-4-7(5-2)6-3;2-1-3/h6-15,22-23,32-35H,16-20H2,1-5H3;4-6H2,1-3H3;1H2/b15-14+;;/t22-,23-,32-,33+,34+;;/m0../s1. The molecule has 1 aliphatic heterocycles. The van der Waals surface area contributed by atoms with Crippen molar-refractivity contribution in [3.63, 3.8) is 0 Å². The maximum absolute atomic E-state index is 12.5. The Morgan fingerprint density at radius 1 is 0.923 bits per heavy atom. The topological polar surface area (TPSA) is 103 Å². The van der Waals surface area contributed by atoms with Gasteiger partial charge in [-0.05, 0) is 86.8 Å². The van der Waals surface area contributed by atoms with Crippen molar-refractivity contribution in [1.82, 2.24) is 10.2 Å². The van der Waals surface area contributed by atoms with Gasteiger partial charge < -0.3 is 29.2 Å². The first kappa shape index (κ1) is 45.1. The first-order chi connectivity index (χ1) is 24.9. The molecule has 2 aromatic rings. The van der Waals surface area contributed by atoms with Crippen LogP contribution in [-0.2, 0) is 46.3 Å². The van der Waals surface area contributed by atoms with Gasteiger partial charge in [0.15, 0.2) is 18.2 Å². The van der Waals surface area contributed by atoms with Gasteiger partial charge in [0, 0.05) is 26.3 Å². The summed E-state index contributed by atoms with van der Waals surface area (Å²) in [5.74, 6) is -1.68. The number of halogens is 2. The van der Waals surface area contributed by atoms with Crippen LogP contribution in [0.4, 0.5) is 0 Å². The van der Waals surface area contributed by atoms with Crippen LogP contribution in [0, 0.1) is 5.92 Å². The molecule has 0 unspecified atom stereocenters. The lowest BCUT2D eigenvalue weighted by Gasteiger charge is -2.42. The third kappa shape index (κ3) is 15.1. The van der Waals surface area contributed by atoms with Crippen LogP contribution in [0.15, 0.2) is 60.2 Å². The smallest absolute Gasteiger partial charge is 0.303 e. The van der Waals surface area contributed by atoms with Gasteiger partial charge in [-0.25, -0.2) is 0 Å². The summed E-state index contributed by atoms with van der Waals surface area (Å²) in [6.07, 6.45) is 2.39. The number of ether oxygens (including phenoxy) is 4. The van der Waals surface area contributed by atoms with E-state index in [0.717, 1.165) is 31.5 Å². The molecule has 0 saturated carbocycles. The summed E-state index contributed by atoms with van der Waals surface area (Å²) < 4.78 is 22.4. The summed E-state index contributed by atoms with van der Waals surface area (Å²) in [7, 11) is 0. The van der Waals surface area contributed by atoms with Gasteiger partial charge in [0.25, 0.3) is 0 Å². The van der Waals surface area contributed by atoms with Crippen molar-refractivity contribution in [1.29, 1.82) is 0 Å². The Kier molecular flexibility index (Phi) is 21.1. The SMILES string of the molecule is CC(=O)O[C@H]1[C@H](C)[C@H](OCC(=O)/C=C/c2ccc(CNCCC3=C(C)Cc4ccccc43)cc2)O[C@@H](C)[C@H]1OC(C)=O.CCN(CC)CC.ClCCl. The Balaban J connectivity index is 0.000000826. The minimum absolute atomic E-state index is 0.194. The summed E-state index contributed by atoms with van der Waals surface area (Å²) in [4.78, 5) is 38.1. The third-order valence-corrected chi connectivity index (χ3v) is 9.05. The van der Waals surface area contributed by atoms with Crippen LogP contribution >= 0.6 is 23.2 Å². The zero-order valence-corrected chi connectivity index (χ0v) is 33.6. The van der Waals surface area contributed by atoms with Crippen molar-refractivity contribution >= 4 is 52.6 Å². The second-order valence-electron chi connectivity index (χ2n) is 12.8. The summed E-state index contributed by atoms with van der Waals surface area (Å²) in [6, 6.07) is 16.7. The van der Waals surface area contributed by atoms with Gasteiger partial charge in [-0.3, -0.25) is 14.4 Å². The number of benzene rings is 2. The molecule has 288 valence electrons. The molecule has 0 radical (unpaired) electrons. The lowest BCUT2D eigenvalue weighted by Crippen LogP contribution is -2.56. The predicted molar refractivity (Wildman–Crippen MR) is 210 cm³/mol. The summed E-state index contributed by atoms with van der Waals surface area (Å²) in [6.45, 7) is 19.9. The van der Waals surface area contributed by atoms with Gasteiger partial charge in [-0.1, -0.05) is 87.9 Å². The maximum atomic E-state index is 12.5. The number of carbonyl (C=O) groups is 3. The molecule has 0 aromatic heterocycles. The number of carbonyl (C=O) groups excluding carboxylic acids is 3. The van der Waals surface area contributed by atoms with Crippen molar-refractivity contribution < 1.29 is 33.3 Å². The fourth-order valence-electron chi connectivity index (χ4n) is 6.25. The summed E-state index contributed by atoms with van der Waals surface area (Å²) >= 11 is 9.53. The molecule has 1 saturated heterocycles. The molecule has 0 spiro atoms. The second-order valence-corrected chi connectivity index (χ2v) is 13.6. The number of alkyl halides is 2. The number of fused-ring (bicyclic) bond motifs is 1. The molecule has 5 atom stereocenters. The molecule has 0 amide bonds. The van der Waals surface area contributed by atoms with Crippen LogP contribution < -0.4 is 5.32 Å². The highest BCUT2D eigenvalue weighted by molar-refractivity contribution is 6.40. The highest BCUT2D eigenvalue weighted by Crippen LogP contribution is 2.34. The van der Waals surface area contributed by atoms with Crippen LogP contribution in [0.25, 0.3) is 11.6 Å². The number of nitrogens with one attached hydrogen (secondary N) is 1. The van der Waals surface area contributed by atoms with E-state index in [1.54, 1.807) is 19.9 Å². The van der Waals surface area contributed by atoms with E-state index in [1.165, 1.54) is 67.4 Å². The van der Waals surface area contributed by atoms with Crippen molar-refractivity contribution in [2.45, 2.75) is 99.4 Å². The molecule has 4 rings (SSSR count). The van der Waals surface area contributed by atoms with Crippen LogP contribution in [0.1, 0.15) is 84.1 Å². The summed E-state index contributed by atoms with van der Waals surface area (Å²) in [5.41, 5.74) is 7.82. The van der Waals surface area contributed by atoms with Crippen molar-refractivity contribution in [2.75, 3.05) is 38.1 Å². The molecule has 1 aliphatic carbocycles. The number of ketones is 1. The summed E-state index contributed by atoms with van der Waals surface area (Å²) in [5, 5.41) is 3.74. The van der Waals surface area contributed by atoms with Gasteiger partial charge in [-0.15, -0.1) is 23.2 Å². The molecule has 1 N–H and O–H groups in total. The van der Waals surface area contributed by atoms with Gasteiger partial charge >= 0.3 is 11.9 Å². The van der Waals surface area contributed by atoms with Crippen LogP contribution in [0.2, 0.25) is 0 Å². The molecule has 1 fully saturated rings. The zero-order chi connectivity index (χ0) is 38.6. The van der Waals surface area contributed by atoms with E-state index < -0.39 is 42.5 Å². The first-order valence-electron chi connectivity index (χ1n) is 18.1. The predicted octanol–water partition coefficient (Wildman–Crippen LogP) is 7.81. The number of hydrogen-bond acceptors (Lipinski definition) is 9. The van der Waals surface area contributed by atoms with E-state index in [4.69, 9.17) is 42.1 Å². The Labute approximate surface area is 321 Å². The first-order valence-corrected chi connectivity index (χ1v) is 19.2. The average Bonchev–Trinajstić information content (AvgIpc) is 3.44. The van der Waals surface area contributed by atoms with E-state index >= 15 is 0 Å². The molecular weight excluding hydrogens is 703 g/mol. The average molecular weight is 762 g/mol. The number of allylic oxidation sites excluding steroid dienone is 1. The lowest BCUT2D eigenvalue weighted by molar-refractivity contribution is -0.277. The quantitative estimate of drug-likeness (QED) is 0.0843. The van der Waals surface area contributed by atoms with E-state index in [-0.39, 0.29) is 17.7 Å². The van der Waals surface area contributed by atoms with Gasteiger partial charge in [0.1, 0.15) is 12.7 Å². The minimum atomic E-state index is -0.802. The Hall–Kier alpha value is -3.05. The van der Waals surface area contributed by atoms with E-state index in [1.807, 2.05) is 12.1 Å². The minimum Gasteiger partial charge on any atom is -0.458 e. The molecule has 2 aromatic carbocycles. The second kappa shape index (κ2) is 24.3. The number of esters is 2. The Morgan fingerprint density at radius 2 is 1.52 bits per heavy atom. The normalized spacial score (nSPS) is 20.8. The highest BCUT2D eigenvalue weighted by Gasteiger charge is 2.46. The third-order valence-electron chi connectivity index (χ3n) is 9.05. The fourth-order valence-corrected chi connectivity index (χ4v) is 6.25. The van der Waals surface area contributed by atoms with Crippen LogP contribution in [-0.4, -0.2) is 85.3 Å². The Bertz CT molecular complexity index is 1450. The van der Waals surface area contributed by atoms with E-state index in [2.05, 4.69) is 74.3 Å².